The molecule has 28 heavy (non-hydrogen) atoms. The molecule has 4 nitrogen and oxygen atoms in total. The zero-order chi connectivity index (χ0) is 19.1. The number of pyridine rings is 1. The van der Waals surface area contributed by atoms with Crippen LogP contribution in [0.4, 0.5) is 0 Å². The van der Waals surface area contributed by atoms with Crippen LogP contribution in [-0.4, -0.2) is 34.0 Å². The van der Waals surface area contributed by atoms with E-state index in [-0.39, 0.29) is 12.1 Å². The quantitative estimate of drug-likeness (QED) is 0.613. The van der Waals surface area contributed by atoms with Gasteiger partial charge in [-0.05, 0) is 35.4 Å². The van der Waals surface area contributed by atoms with Gasteiger partial charge in [0.15, 0.2) is 5.17 Å². The second-order valence-corrected chi connectivity index (χ2v) is 8.23. The molecule has 2 aliphatic rings. The number of hydrogen-bond donors (Lipinski definition) is 0. The van der Waals surface area contributed by atoms with Crippen LogP contribution in [0, 0.1) is 0 Å². The Morgan fingerprint density at radius 2 is 1.96 bits per heavy atom. The van der Waals surface area contributed by atoms with Crippen LogP contribution in [0.2, 0.25) is 0 Å². The number of aliphatic imine (C=N–C) groups is 1. The molecule has 3 heterocycles. The van der Waals surface area contributed by atoms with Crippen molar-refractivity contribution >= 4 is 27.7 Å². The predicted octanol–water partition coefficient (Wildman–Crippen LogP) is 5.22. The van der Waals surface area contributed by atoms with Gasteiger partial charge in [0.2, 0.25) is 0 Å². The molecule has 5 heteroatoms. The summed E-state index contributed by atoms with van der Waals surface area (Å²) in [5.41, 5.74) is 2.23. The van der Waals surface area contributed by atoms with Gasteiger partial charge >= 0.3 is 0 Å². The molecule has 0 N–H and O–H groups in total. The summed E-state index contributed by atoms with van der Waals surface area (Å²) < 4.78 is 5.86. The van der Waals surface area contributed by atoms with E-state index in [0.29, 0.717) is 6.04 Å². The zero-order valence-corrected chi connectivity index (χ0v) is 16.9. The van der Waals surface area contributed by atoms with E-state index in [0.717, 1.165) is 28.8 Å². The zero-order valence-electron chi connectivity index (χ0n) is 16.1. The van der Waals surface area contributed by atoms with Gasteiger partial charge < -0.3 is 9.64 Å². The number of rotatable bonds is 4. The van der Waals surface area contributed by atoms with Crippen LogP contribution >= 0.6 is 11.8 Å². The molecule has 0 saturated carbocycles. The summed E-state index contributed by atoms with van der Waals surface area (Å²) in [5.74, 6) is 2.02. The summed E-state index contributed by atoms with van der Waals surface area (Å²) in [4.78, 5) is 12.3. The Kier molecular flexibility index (Phi) is 4.47. The number of ether oxygens (including phenoxy) is 1. The molecule has 5 rings (SSSR count). The molecule has 0 bridgehead atoms. The third kappa shape index (κ3) is 2.68. The molecule has 0 radical (unpaired) electrons. The molecule has 0 aliphatic carbocycles. The molecule has 2 aliphatic heterocycles. The predicted molar refractivity (Wildman–Crippen MR) is 116 cm³/mol. The number of aromatic nitrogens is 1. The molecule has 3 atom stereocenters. The van der Waals surface area contributed by atoms with Crippen LogP contribution in [-0.2, 0) is 0 Å². The largest absolute Gasteiger partial charge is 0.496 e. The molecular formula is C23H23N3OS. The van der Waals surface area contributed by atoms with Gasteiger partial charge in [0.25, 0.3) is 0 Å². The van der Waals surface area contributed by atoms with Crippen molar-refractivity contribution in [3.05, 3.63) is 72.1 Å². The van der Waals surface area contributed by atoms with Crippen LogP contribution in [0.1, 0.15) is 36.7 Å². The maximum atomic E-state index is 5.86. The third-order valence-corrected chi connectivity index (χ3v) is 6.90. The Morgan fingerprint density at radius 3 is 2.75 bits per heavy atom. The fourth-order valence-electron chi connectivity index (χ4n) is 4.42. The van der Waals surface area contributed by atoms with Gasteiger partial charge in [-0.3, -0.25) is 9.98 Å². The second kappa shape index (κ2) is 7.13. The lowest BCUT2D eigenvalue weighted by molar-refractivity contribution is 0.250. The first kappa shape index (κ1) is 17.6. The van der Waals surface area contributed by atoms with Crippen LogP contribution in [0.15, 0.2) is 65.8 Å². The average Bonchev–Trinajstić information content (AvgIpc) is 3.32. The van der Waals surface area contributed by atoms with Crippen molar-refractivity contribution in [3.8, 4) is 5.75 Å². The molecule has 1 aromatic heterocycles. The minimum atomic E-state index is -0.0299. The van der Waals surface area contributed by atoms with Crippen molar-refractivity contribution < 1.29 is 4.74 Å². The first-order valence-electron chi connectivity index (χ1n) is 9.77. The Morgan fingerprint density at radius 1 is 1.11 bits per heavy atom. The first-order chi connectivity index (χ1) is 13.8. The summed E-state index contributed by atoms with van der Waals surface area (Å²) in [5, 5.41) is 3.60. The third-order valence-electron chi connectivity index (χ3n) is 5.78. The molecule has 1 fully saturated rings. The van der Waals surface area contributed by atoms with E-state index in [1.54, 1.807) is 7.11 Å². The Hall–Kier alpha value is -2.53. The van der Waals surface area contributed by atoms with Gasteiger partial charge in [-0.2, -0.15) is 0 Å². The van der Waals surface area contributed by atoms with E-state index in [2.05, 4.69) is 59.3 Å². The summed E-state index contributed by atoms with van der Waals surface area (Å²) >= 11 is 1.87. The average molecular weight is 390 g/mol. The van der Waals surface area contributed by atoms with Crippen molar-refractivity contribution in [2.75, 3.05) is 12.9 Å². The summed E-state index contributed by atoms with van der Waals surface area (Å²) in [6.07, 6.45) is 2.96. The SMILES string of the molecule is CC[C@H]1CSC2=N[C@@H](c3ccccn3)[C@@H](c3c(OC)ccc4ccccc34)N21. The van der Waals surface area contributed by atoms with Gasteiger partial charge in [-0.25, -0.2) is 0 Å². The maximum absolute atomic E-state index is 5.86. The number of amidine groups is 1. The molecular weight excluding hydrogens is 366 g/mol. The molecule has 142 valence electrons. The summed E-state index contributed by atoms with van der Waals surface area (Å²) in [6.45, 7) is 2.26. The fraction of sp³-hybridized carbons (Fsp3) is 0.304. The maximum Gasteiger partial charge on any atom is 0.160 e. The van der Waals surface area contributed by atoms with Gasteiger partial charge in [0.05, 0.1) is 18.8 Å². The van der Waals surface area contributed by atoms with Crippen LogP contribution < -0.4 is 4.74 Å². The Balaban J connectivity index is 1.75. The van der Waals surface area contributed by atoms with E-state index >= 15 is 0 Å². The summed E-state index contributed by atoms with van der Waals surface area (Å²) in [6, 6.07) is 19.4. The molecule has 0 unspecified atom stereocenters. The van der Waals surface area contributed by atoms with Gasteiger partial charge in [0, 0.05) is 23.6 Å². The molecule has 2 aromatic carbocycles. The normalized spacial score (nSPS) is 23.7. The van der Waals surface area contributed by atoms with E-state index in [1.807, 2.05) is 30.1 Å². The molecule has 0 spiro atoms. The smallest absolute Gasteiger partial charge is 0.160 e. The Bertz CT molecular complexity index is 1040. The fourth-order valence-corrected chi connectivity index (χ4v) is 5.76. The number of nitrogens with zero attached hydrogens (tertiary/aromatic N) is 3. The topological polar surface area (TPSA) is 37.7 Å². The van der Waals surface area contributed by atoms with Crippen molar-refractivity contribution in [2.45, 2.75) is 31.5 Å². The van der Waals surface area contributed by atoms with E-state index in [4.69, 9.17) is 9.73 Å². The Labute approximate surface area is 169 Å². The first-order valence-corrected chi connectivity index (χ1v) is 10.8. The number of methoxy groups -OCH3 is 1. The van der Waals surface area contributed by atoms with E-state index in [1.165, 1.54) is 16.3 Å². The van der Waals surface area contributed by atoms with Crippen LogP contribution in [0.3, 0.4) is 0 Å². The van der Waals surface area contributed by atoms with E-state index < -0.39 is 0 Å². The number of benzene rings is 2. The van der Waals surface area contributed by atoms with Crippen LogP contribution in [0.5, 0.6) is 5.75 Å². The van der Waals surface area contributed by atoms with Crippen molar-refractivity contribution in [3.63, 3.8) is 0 Å². The van der Waals surface area contributed by atoms with Crippen molar-refractivity contribution in [1.82, 2.24) is 9.88 Å². The van der Waals surface area contributed by atoms with Gasteiger partial charge in [-0.15, -0.1) is 0 Å². The lowest BCUT2D eigenvalue weighted by Gasteiger charge is -2.33. The highest BCUT2D eigenvalue weighted by atomic mass is 32.2. The molecule has 3 aromatic rings. The number of hydrogen-bond acceptors (Lipinski definition) is 5. The monoisotopic (exact) mass is 389 g/mol. The minimum Gasteiger partial charge on any atom is -0.496 e. The number of fused-ring (bicyclic) bond motifs is 2. The van der Waals surface area contributed by atoms with Gasteiger partial charge in [0.1, 0.15) is 11.8 Å². The molecule has 1 saturated heterocycles. The number of thioether (sulfide) groups is 1. The standard InChI is InChI=1S/C23H23N3OS/c1-3-16-14-28-23-25-21(18-10-6-7-13-24-18)22(26(16)23)20-17-9-5-4-8-15(17)11-12-19(20)27-2/h4-13,16,21-22H,3,14H2,1-2H3/t16-,21-,22+/m0/s1. The minimum absolute atomic E-state index is 0.0299. The van der Waals surface area contributed by atoms with Gasteiger partial charge in [-0.1, -0.05) is 55.1 Å². The van der Waals surface area contributed by atoms with Crippen molar-refractivity contribution in [2.24, 2.45) is 4.99 Å². The highest BCUT2D eigenvalue weighted by Gasteiger charge is 2.46. The van der Waals surface area contributed by atoms with Crippen LogP contribution in [0.25, 0.3) is 10.8 Å². The molecule has 0 amide bonds. The summed E-state index contributed by atoms with van der Waals surface area (Å²) in [7, 11) is 1.76. The highest BCUT2D eigenvalue weighted by molar-refractivity contribution is 8.14. The van der Waals surface area contributed by atoms with E-state index in [9.17, 15) is 0 Å². The highest BCUT2D eigenvalue weighted by Crippen LogP contribution is 2.52. The lowest BCUT2D eigenvalue weighted by atomic mass is 9.90. The second-order valence-electron chi connectivity index (χ2n) is 7.24. The lowest BCUT2D eigenvalue weighted by Crippen LogP contribution is -2.35. The van der Waals surface area contributed by atoms with Crippen molar-refractivity contribution in [1.29, 1.82) is 0 Å².